The molecule has 0 radical (unpaired) electrons. The second kappa shape index (κ2) is 6.61. The first kappa shape index (κ1) is 15.2. The van der Waals surface area contributed by atoms with Crippen molar-refractivity contribution < 1.29 is 8.78 Å². The van der Waals surface area contributed by atoms with Crippen molar-refractivity contribution in [3.8, 4) is 6.07 Å². The SMILES string of the molecule is N#Cc1ccc(NC[C@@H]2CCN(c3ccc(F)c(F)c3)C2)nc1. The summed E-state index contributed by atoms with van der Waals surface area (Å²) in [5, 5.41) is 12.0. The van der Waals surface area contributed by atoms with Crippen molar-refractivity contribution >= 4 is 11.5 Å². The van der Waals surface area contributed by atoms with Gasteiger partial charge >= 0.3 is 0 Å². The highest BCUT2D eigenvalue weighted by Gasteiger charge is 2.23. The van der Waals surface area contributed by atoms with Crippen molar-refractivity contribution in [2.45, 2.75) is 6.42 Å². The fourth-order valence-electron chi connectivity index (χ4n) is 2.73. The second-order valence-corrected chi connectivity index (χ2v) is 5.62. The molecule has 1 saturated heterocycles. The van der Waals surface area contributed by atoms with Gasteiger partial charge in [-0.1, -0.05) is 0 Å². The first-order chi connectivity index (χ1) is 11.2. The zero-order valence-corrected chi connectivity index (χ0v) is 12.5. The van der Waals surface area contributed by atoms with Crippen molar-refractivity contribution in [1.29, 1.82) is 5.26 Å². The number of halogens is 2. The summed E-state index contributed by atoms with van der Waals surface area (Å²) in [6.45, 7) is 2.35. The molecule has 1 aliphatic rings. The molecule has 0 spiro atoms. The van der Waals surface area contributed by atoms with Crippen LogP contribution in [-0.2, 0) is 0 Å². The highest BCUT2D eigenvalue weighted by molar-refractivity contribution is 5.48. The summed E-state index contributed by atoms with van der Waals surface area (Å²) in [5.41, 5.74) is 1.24. The lowest BCUT2D eigenvalue weighted by Crippen LogP contribution is -2.22. The summed E-state index contributed by atoms with van der Waals surface area (Å²) < 4.78 is 26.3. The Morgan fingerprint density at radius 3 is 2.83 bits per heavy atom. The van der Waals surface area contributed by atoms with Gasteiger partial charge in [0.05, 0.1) is 5.56 Å². The highest BCUT2D eigenvalue weighted by Crippen LogP contribution is 2.25. The maximum absolute atomic E-state index is 13.3. The quantitative estimate of drug-likeness (QED) is 0.942. The molecule has 0 unspecified atom stereocenters. The van der Waals surface area contributed by atoms with Gasteiger partial charge in [-0.15, -0.1) is 0 Å². The molecule has 1 fully saturated rings. The molecule has 3 rings (SSSR count). The highest BCUT2D eigenvalue weighted by atomic mass is 19.2. The van der Waals surface area contributed by atoms with Crippen molar-refractivity contribution in [3.63, 3.8) is 0 Å². The average molecular weight is 314 g/mol. The van der Waals surface area contributed by atoms with Crippen LogP contribution in [0.2, 0.25) is 0 Å². The zero-order chi connectivity index (χ0) is 16.2. The Hall–Kier alpha value is -2.68. The van der Waals surface area contributed by atoms with E-state index < -0.39 is 11.6 Å². The molecular weight excluding hydrogens is 298 g/mol. The third kappa shape index (κ3) is 3.57. The number of nitrogens with zero attached hydrogens (tertiary/aromatic N) is 3. The van der Waals surface area contributed by atoms with Crippen LogP contribution in [-0.4, -0.2) is 24.6 Å². The molecule has 2 aromatic rings. The molecule has 2 heterocycles. The molecular formula is C17H16F2N4. The van der Waals surface area contributed by atoms with E-state index in [1.807, 2.05) is 6.07 Å². The number of aromatic nitrogens is 1. The van der Waals surface area contributed by atoms with Gasteiger partial charge in [0, 0.05) is 37.6 Å². The Morgan fingerprint density at radius 2 is 2.13 bits per heavy atom. The molecule has 1 N–H and O–H groups in total. The zero-order valence-electron chi connectivity index (χ0n) is 12.5. The first-order valence-corrected chi connectivity index (χ1v) is 7.46. The number of anilines is 2. The lowest BCUT2D eigenvalue weighted by Gasteiger charge is -2.19. The third-order valence-electron chi connectivity index (χ3n) is 4.02. The second-order valence-electron chi connectivity index (χ2n) is 5.62. The number of nitrogens with one attached hydrogen (secondary N) is 1. The Kier molecular flexibility index (Phi) is 4.38. The minimum Gasteiger partial charge on any atom is -0.371 e. The van der Waals surface area contributed by atoms with Gasteiger partial charge in [0.1, 0.15) is 11.9 Å². The predicted octanol–water partition coefficient (Wildman–Crippen LogP) is 3.17. The first-order valence-electron chi connectivity index (χ1n) is 7.46. The fraction of sp³-hybridized carbons (Fsp3) is 0.294. The van der Waals surface area contributed by atoms with Crippen molar-refractivity contribution in [3.05, 3.63) is 53.7 Å². The molecule has 0 aliphatic carbocycles. The fourth-order valence-corrected chi connectivity index (χ4v) is 2.73. The van der Waals surface area contributed by atoms with Crippen LogP contribution >= 0.6 is 0 Å². The van der Waals surface area contributed by atoms with Crippen molar-refractivity contribution in [1.82, 2.24) is 4.98 Å². The van der Waals surface area contributed by atoms with Crippen LogP contribution in [0.4, 0.5) is 20.3 Å². The van der Waals surface area contributed by atoms with Gasteiger partial charge in [-0.2, -0.15) is 5.26 Å². The number of benzene rings is 1. The lowest BCUT2D eigenvalue weighted by atomic mass is 10.1. The number of hydrogen-bond donors (Lipinski definition) is 1. The molecule has 6 heteroatoms. The van der Waals surface area contributed by atoms with Gasteiger partial charge in [0.15, 0.2) is 11.6 Å². The van der Waals surface area contributed by atoms with Gasteiger partial charge in [-0.05, 0) is 36.6 Å². The van der Waals surface area contributed by atoms with Crippen LogP contribution < -0.4 is 10.2 Å². The van der Waals surface area contributed by atoms with Crippen molar-refractivity contribution in [2.75, 3.05) is 29.9 Å². The number of nitriles is 1. The van der Waals surface area contributed by atoms with E-state index in [0.717, 1.165) is 37.9 Å². The van der Waals surface area contributed by atoms with Gasteiger partial charge in [0.25, 0.3) is 0 Å². The molecule has 1 aromatic heterocycles. The van der Waals surface area contributed by atoms with Crippen LogP contribution in [0.15, 0.2) is 36.5 Å². The number of rotatable bonds is 4. The van der Waals surface area contributed by atoms with Crippen LogP contribution in [0, 0.1) is 28.9 Å². The van der Waals surface area contributed by atoms with E-state index in [9.17, 15) is 8.78 Å². The molecule has 0 bridgehead atoms. The van der Waals surface area contributed by atoms with E-state index in [4.69, 9.17) is 5.26 Å². The Labute approximate surface area is 133 Å². The Bertz CT molecular complexity index is 724. The molecule has 1 aromatic carbocycles. The van der Waals surface area contributed by atoms with Crippen LogP contribution in [0.25, 0.3) is 0 Å². The average Bonchev–Trinajstić information content (AvgIpc) is 3.05. The topological polar surface area (TPSA) is 52.0 Å². The van der Waals surface area contributed by atoms with Crippen molar-refractivity contribution in [2.24, 2.45) is 5.92 Å². The van der Waals surface area contributed by atoms with Gasteiger partial charge in [-0.3, -0.25) is 0 Å². The van der Waals surface area contributed by atoms with Gasteiger partial charge in [0.2, 0.25) is 0 Å². The summed E-state index contributed by atoms with van der Waals surface area (Å²) >= 11 is 0. The lowest BCUT2D eigenvalue weighted by molar-refractivity contribution is 0.508. The smallest absolute Gasteiger partial charge is 0.160 e. The maximum atomic E-state index is 13.3. The van der Waals surface area contributed by atoms with E-state index >= 15 is 0 Å². The largest absolute Gasteiger partial charge is 0.371 e. The summed E-state index contributed by atoms with van der Waals surface area (Å²) in [4.78, 5) is 6.23. The van der Waals surface area contributed by atoms with E-state index in [0.29, 0.717) is 17.2 Å². The molecule has 0 saturated carbocycles. The monoisotopic (exact) mass is 314 g/mol. The maximum Gasteiger partial charge on any atom is 0.160 e. The number of hydrogen-bond acceptors (Lipinski definition) is 4. The van der Waals surface area contributed by atoms with Crippen LogP contribution in [0.1, 0.15) is 12.0 Å². The van der Waals surface area contributed by atoms with Crippen LogP contribution in [0.5, 0.6) is 0 Å². The summed E-state index contributed by atoms with van der Waals surface area (Å²) in [6, 6.07) is 9.54. The summed E-state index contributed by atoms with van der Waals surface area (Å²) in [6.07, 6.45) is 2.51. The van der Waals surface area contributed by atoms with Crippen LogP contribution in [0.3, 0.4) is 0 Å². The standard InChI is InChI=1S/C17H16F2N4/c18-15-3-2-14(7-16(15)19)23-6-5-13(11-23)10-22-17-4-1-12(8-20)9-21-17/h1-4,7,9,13H,5-6,10-11H2,(H,21,22)/t13-/m0/s1. The van der Waals surface area contributed by atoms with E-state index in [1.165, 1.54) is 12.3 Å². The summed E-state index contributed by atoms with van der Waals surface area (Å²) in [7, 11) is 0. The molecule has 0 amide bonds. The number of pyridine rings is 1. The Morgan fingerprint density at radius 1 is 1.26 bits per heavy atom. The molecule has 118 valence electrons. The van der Waals surface area contributed by atoms with Gasteiger partial charge < -0.3 is 10.2 Å². The minimum absolute atomic E-state index is 0.403. The van der Waals surface area contributed by atoms with E-state index in [1.54, 1.807) is 18.2 Å². The normalized spacial score (nSPS) is 17.1. The van der Waals surface area contributed by atoms with E-state index in [-0.39, 0.29) is 0 Å². The third-order valence-corrected chi connectivity index (χ3v) is 4.02. The predicted molar refractivity (Wildman–Crippen MR) is 84.1 cm³/mol. The minimum atomic E-state index is -0.821. The van der Waals surface area contributed by atoms with E-state index in [2.05, 4.69) is 15.2 Å². The Balaban J connectivity index is 1.55. The molecule has 1 aliphatic heterocycles. The molecule has 23 heavy (non-hydrogen) atoms. The molecule has 1 atom stereocenters. The van der Waals surface area contributed by atoms with Gasteiger partial charge in [-0.25, -0.2) is 13.8 Å². The molecule has 4 nitrogen and oxygen atoms in total. The summed E-state index contributed by atoms with van der Waals surface area (Å²) in [5.74, 6) is -0.500.